The molecule has 0 heterocycles. The van der Waals surface area contributed by atoms with Crippen LogP contribution in [0.25, 0.3) is 0 Å². The van der Waals surface area contributed by atoms with Crippen molar-refractivity contribution in [3.05, 3.63) is 24.3 Å². The van der Waals surface area contributed by atoms with Crippen molar-refractivity contribution >= 4 is 13.7 Å². The molecular weight excluding hydrogens is 924 g/mol. The fraction of sp³-hybridized carbons (Fsp3) is 0.922. The Kier molecular flexibility index (Phi) is 54.9. The van der Waals surface area contributed by atoms with Crippen molar-refractivity contribution < 1.29 is 32.9 Å². The predicted octanol–water partition coefficient (Wildman–Crippen LogP) is 19.9. The average Bonchev–Trinajstić information content (AvgIpc) is 3.35. The van der Waals surface area contributed by atoms with E-state index in [-0.39, 0.29) is 19.1 Å². The molecule has 73 heavy (non-hydrogen) atoms. The molecule has 0 aliphatic rings. The predicted molar refractivity (Wildman–Crippen MR) is 318 cm³/mol. The number of carbonyl (C=O) groups excluding carboxylic acids is 1. The van der Waals surface area contributed by atoms with Gasteiger partial charge in [0.25, 0.3) is 0 Å². The number of unbranched alkanes of at least 4 members (excludes halogenated alkanes) is 45. The molecule has 9 heteroatoms. The minimum atomic E-state index is -4.35. The SMILES string of the molecule is CCCCCCCC/C=C/CC/C=C/C(O)C(COP(=O)(O)OCC[N+](C)(C)C)NC(=O)CCCCCCCCCCCCCCCCCCCCCCCCCCCCCCCCCCCCCCCCC. The molecule has 0 spiro atoms. The Hall–Kier alpha value is -1.02. The van der Waals surface area contributed by atoms with Crippen LogP contribution in [0.15, 0.2) is 24.3 Å². The van der Waals surface area contributed by atoms with Gasteiger partial charge in [0.2, 0.25) is 5.91 Å². The second kappa shape index (κ2) is 55.7. The van der Waals surface area contributed by atoms with Crippen molar-refractivity contribution in [3.63, 3.8) is 0 Å². The first-order chi connectivity index (χ1) is 35.5. The smallest absolute Gasteiger partial charge is 0.387 e. The van der Waals surface area contributed by atoms with Gasteiger partial charge in [0.05, 0.1) is 39.9 Å². The number of phosphoric acid groups is 1. The summed E-state index contributed by atoms with van der Waals surface area (Å²) in [6.07, 6.45) is 72.0. The van der Waals surface area contributed by atoms with Crippen LogP contribution in [0.5, 0.6) is 0 Å². The van der Waals surface area contributed by atoms with Crippen molar-refractivity contribution in [1.29, 1.82) is 0 Å². The summed E-state index contributed by atoms with van der Waals surface area (Å²) in [7, 11) is 1.57. The number of amides is 1. The molecule has 0 aliphatic heterocycles. The molecule has 0 aromatic rings. The van der Waals surface area contributed by atoms with Gasteiger partial charge in [-0.25, -0.2) is 4.57 Å². The molecule has 8 nitrogen and oxygen atoms in total. The number of rotatable bonds is 60. The van der Waals surface area contributed by atoms with E-state index in [4.69, 9.17) is 9.05 Å². The van der Waals surface area contributed by atoms with E-state index in [2.05, 4.69) is 31.3 Å². The lowest BCUT2D eigenvalue weighted by atomic mass is 10.0. The molecule has 1 amide bonds. The number of aliphatic hydroxyl groups excluding tert-OH is 1. The molecule has 3 unspecified atom stereocenters. The highest BCUT2D eigenvalue weighted by molar-refractivity contribution is 7.47. The van der Waals surface area contributed by atoms with Crippen LogP contribution >= 0.6 is 7.82 Å². The summed E-state index contributed by atoms with van der Waals surface area (Å²) in [5.41, 5.74) is 0. The third-order valence-corrected chi connectivity index (χ3v) is 15.9. The van der Waals surface area contributed by atoms with Gasteiger partial charge in [0.1, 0.15) is 13.2 Å². The fourth-order valence-corrected chi connectivity index (χ4v) is 10.6. The van der Waals surface area contributed by atoms with E-state index in [9.17, 15) is 19.4 Å². The molecule has 0 rings (SSSR count). The van der Waals surface area contributed by atoms with Crippen LogP contribution in [0.4, 0.5) is 0 Å². The maximum absolute atomic E-state index is 13.0. The first-order valence-corrected chi connectivity index (χ1v) is 33.7. The number of nitrogens with one attached hydrogen (secondary N) is 1. The standard InChI is InChI=1S/C64H127N2O6P/c1-6-8-10-12-14-16-18-20-21-22-23-24-25-26-27-28-29-30-31-32-33-34-35-36-37-38-39-40-41-42-43-44-45-46-48-50-52-54-56-58-64(68)65-62(61-72-73(69,70)71-60-59-66(3,4)5)63(67)57-55-53-51-49-47-19-17-15-13-11-9-7-2/h47,49,55,57,62-63,67H,6-46,48,50-54,56,58-61H2,1-5H3,(H-,65,68,69,70)/p+1/b49-47+,57-55+. The maximum atomic E-state index is 13.0. The molecule has 0 aliphatic carbocycles. The molecule has 0 bridgehead atoms. The number of hydrogen-bond donors (Lipinski definition) is 3. The van der Waals surface area contributed by atoms with Gasteiger partial charge in [-0.3, -0.25) is 13.8 Å². The lowest BCUT2D eigenvalue weighted by molar-refractivity contribution is -0.870. The van der Waals surface area contributed by atoms with E-state index in [1.807, 2.05) is 27.2 Å². The molecule has 3 atom stereocenters. The number of hydrogen-bond acceptors (Lipinski definition) is 5. The van der Waals surface area contributed by atoms with Crippen LogP contribution < -0.4 is 5.32 Å². The van der Waals surface area contributed by atoms with Crippen molar-refractivity contribution in [2.75, 3.05) is 40.9 Å². The first kappa shape index (κ1) is 72.0. The van der Waals surface area contributed by atoms with Gasteiger partial charge >= 0.3 is 7.82 Å². The Labute approximate surface area is 455 Å². The van der Waals surface area contributed by atoms with Crippen molar-refractivity contribution in [3.8, 4) is 0 Å². The van der Waals surface area contributed by atoms with Crippen LogP contribution in [0, 0.1) is 0 Å². The summed E-state index contributed by atoms with van der Waals surface area (Å²) in [6.45, 7) is 4.81. The Balaban J connectivity index is 3.82. The first-order valence-electron chi connectivity index (χ1n) is 32.2. The van der Waals surface area contributed by atoms with E-state index >= 15 is 0 Å². The highest BCUT2D eigenvalue weighted by Crippen LogP contribution is 2.43. The van der Waals surface area contributed by atoms with Gasteiger partial charge in [-0.15, -0.1) is 0 Å². The Bertz CT molecular complexity index is 1240. The van der Waals surface area contributed by atoms with Gasteiger partial charge in [0, 0.05) is 6.42 Å². The van der Waals surface area contributed by atoms with Gasteiger partial charge in [-0.05, 0) is 32.1 Å². The number of likely N-dealkylation sites (N-methyl/N-ethyl adjacent to an activating group) is 1. The molecule has 0 fully saturated rings. The molecule has 3 N–H and O–H groups in total. The van der Waals surface area contributed by atoms with Crippen molar-refractivity contribution in [1.82, 2.24) is 5.32 Å². The molecular formula is C64H128N2O6P+. The zero-order valence-electron chi connectivity index (χ0n) is 49.7. The second-order valence-corrected chi connectivity index (χ2v) is 24.9. The van der Waals surface area contributed by atoms with Gasteiger partial charge in [0.15, 0.2) is 0 Å². The average molecular weight is 1050 g/mol. The second-order valence-electron chi connectivity index (χ2n) is 23.5. The maximum Gasteiger partial charge on any atom is 0.472 e. The van der Waals surface area contributed by atoms with Crippen molar-refractivity contribution in [2.24, 2.45) is 0 Å². The summed E-state index contributed by atoms with van der Waals surface area (Å²) < 4.78 is 23.6. The summed E-state index contributed by atoms with van der Waals surface area (Å²) >= 11 is 0. The largest absolute Gasteiger partial charge is 0.472 e. The normalized spacial score (nSPS) is 13.9. The van der Waals surface area contributed by atoms with Gasteiger partial charge < -0.3 is 19.8 Å². The quantitative estimate of drug-likeness (QED) is 0.0243. The van der Waals surface area contributed by atoms with E-state index in [0.29, 0.717) is 17.4 Å². The third kappa shape index (κ3) is 58.5. The molecule has 0 saturated carbocycles. The summed E-state index contributed by atoms with van der Waals surface area (Å²) in [5.74, 6) is -0.182. The van der Waals surface area contributed by atoms with Crippen LogP contribution in [0.3, 0.4) is 0 Å². The zero-order chi connectivity index (χ0) is 53.5. The molecule has 0 aromatic carbocycles. The minimum absolute atomic E-state index is 0.0585. The van der Waals surface area contributed by atoms with Crippen molar-refractivity contribution in [2.45, 2.75) is 341 Å². The summed E-state index contributed by atoms with van der Waals surface area (Å²) in [6, 6.07) is -0.859. The number of carbonyl (C=O) groups is 1. The van der Waals surface area contributed by atoms with Gasteiger partial charge in [-0.2, -0.15) is 0 Å². The number of nitrogens with zero attached hydrogens (tertiary/aromatic N) is 1. The number of phosphoric ester groups is 1. The van der Waals surface area contributed by atoms with Gasteiger partial charge in [-0.1, -0.05) is 314 Å². The minimum Gasteiger partial charge on any atom is -0.387 e. The molecule has 0 radical (unpaired) electrons. The monoisotopic (exact) mass is 1050 g/mol. The number of allylic oxidation sites excluding steroid dienone is 3. The number of quaternary nitrogens is 1. The topological polar surface area (TPSA) is 105 Å². The highest BCUT2D eigenvalue weighted by atomic mass is 31.2. The van der Waals surface area contributed by atoms with E-state index in [1.54, 1.807) is 6.08 Å². The zero-order valence-corrected chi connectivity index (χ0v) is 50.5. The van der Waals surface area contributed by atoms with E-state index in [0.717, 1.165) is 38.5 Å². The lowest BCUT2D eigenvalue weighted by Gasteiger charge is -2.25. The summed E-state index contributed by atoms with van der Waals surface area (Å²) in [4.78, 5) is 23.2. The summed E-state index contributed by atoms with van der Waals surface area (Å²) in [5, 5.41) is 13.9. The molecule has 0 aromatic heterocycles. The number of aliphatic hydroxyl groups is 1. The van der Waals surface area contributed by atoms with E-state index < -0.39 is 20.0 Å². The van der Waals surface area contributed by atoms with Crippen LogP contribution in [-0.2, 0) is 18.4 Å². The van der Waals surface area contributed by atoms with Crippen LogP contribution in [0.2, 0.25) is 0 Å². The Morgan fingerprint density at radius 2 is 0.753 bits per heavy atom. The Morgan fingerprint density at radius 3 is 1.10 bits per heavy atom. The van der Waals surface area contributed by atoms with Crippen LogP contribution in [-0.4, -0.2) is 73.4 Å². The third-order valence-electron chi connectivity index (χ3n) is 14.9. The highest BCUT2D eigenvalue weighted by Gasteiger charge is 2.27. The molecule has 0 saturated heterocycles. The Morgan fingerprint density at radius 1 is 0.452 bits per heavy atom. The molecule has 434 valence electrons. The van der Waals surface area contributed by atoms with Crippen LogP contribution in [0.1, 0.15) is 328 Å². The fourth-order valence-electron chi connectivity index (χ4n) is 9.89. The lowest BCUT2D eigenvalue weighted by Crippen LogP contribution is -2.45. The van der Waals surface area contributed by atoms with E-state index in [1.165, 1.54) is 270 Å².